The molecule has 0 atom stereocenters. The summed E-state index contributed by atoms with van der Waals surface area (Å²) >= 11 is 5.67. The van der Waals surface area contributed by atoms with E-state index < -0.39 is 15.8 Å². The molecule has 0 aromatic heterocycles. The first-order valence-electron chi connectivity index (χ1n) is 9.21. The van der Waals surface area contributed by atoms with E-state index in [2.05, 4.69) is 16.7 Å². The number of carbonyl (C=O) groups is 1. The molecule has 0 unspecified atom stereocenters. The van der Waals surface area contributed by atoms with Crippen LogP contribution < -0.4 is 4.72 Å². The Morgan fingerprint density at radius 2 is 1.79 bits per heavy atom. The number of nitrogens with one attached hydrogen (secondary N) is 1. The van der Waals surface area contributed by atoms with Gasteiger partial charge in [-0.05, 0) is 75.4 Å². The minimum Gasteiger partial charge on any atom is -0.339 e. The van der Waals surface area contributed by atoms with Crippen molar-refractivity contribution in [3.05, 3.63) is 58.9 Å². The third kappa shape index (κ3) is 5.07. The Morgan fingerprint density at radius 1 is 1.17 bits per heavy atom. The highest BCUT2D eigenvalue weighted by molar-refractivity contribution is 7.92. The Labute approximate surface area is 175 Å². The van der Waals surface area contributed by atoms with Crippen molar-refractivity contribution in [1.29, 1.82) is 0 Å². The SMILES string of the molecule is CN1CCC(N(C)C(=O)c2ccc(NS(=O)(=O)c3ccc(F)c(Cl)c3)cc2)CC1. The number of hydrogen-bond donors (Lipinski definition) is 1. The van der Waals surface area contributed by atoms with E-state index in [1.54, 1.807) is 24.1 Å². The zero-order valence-corrected chi connectivity index (χ0v) is 17.8. The van der Waals surface area contributed by atoms with Crippen LogP contribution in [0.2, 0.25) is 5.02 Å². The summed E-state index contributed by atoms with van der Waals surface area (Å²) in [7, 11) is -0.0595. The highest BCUT2D eigenvalue weighted by atomic mass is 35.5. The Kier molecular flexibility index (Phi) is 6.45. The van der Waals surface area contributed by atoms with Crippen LogP contribution in [-0.2, 0) is 10.0 Å². The second-order valence-corrected chi connectivity index (χ2v) is 9.30. The number of likely N-dealkylation sites (tertiary alicyclic amines) is 1. The highest BCUT2D eigenvalue weighted by Crippen LogP contribution is 2.23. The fraction of sp³-hybridized carbons (Fsp3) is 0.350. The van der Waals surface area contributed by atoms with E-state index in [-0.39, 0.29) is 21.9 Å². The molecule has 29 heavy (non-hydrogen) atoms. The average molecular weight is 440 g/mol. The molecule has 0 aliphatic carbocycles. The topological polar surface area (TPSA) is 69.7 Å². The van der Waals surface area contributed by atoms with Crippen LogP contribution in [0.1, 0.15) is 23.2 Å². The van der Waals surface area contributed by atoms with E-state index in [1.165, 1.54) is 12.1 Å². The molecule has 0 spiro atoms. The molecule has 1 fully saturated rings. The van der Waals surface area contributed by atoms with Gasteiger partial charge in [0.15, 0.2) is 0 Å². The van der Waals surface area contributed by atoms with Gasteiger partial charge in [0.05, 0.1) is 9.92 Å². The summed E-state index contributed by atoms with van der Waals surface area (Å²) in [6, 6.07) is 9.60. The third-order valence-electron chi connectivity index (χ3n) is 5.14. The van der Waals surface area contributed by atoms with Crippen LogP contribution >= 0.6 is 11.6 Å². The lowest BCUT2D eigenvalue weighted by atomic mass is 10.0. The van der Waals surface area contributed by atoms with Gasteiger partial charge < -0.3 is 9.80 Å². The van der Waals surface area contributed by atoms with Gasteiger partial charge in [0.25, 0.3) is 15.9 Å². The van der Waals surface area contributed by atoms with Crippen molar-refractivity contribution < 1.29 is 17.6 Å². The summed E-state index contributed by atoms with van der Waals surface area (Å²) < 4.78 is 40.6. The zero-order chi connectivity index (χ0) is 21.2. The molecule has 2 aromatic rings. The van der Waals surface area contributed by atoms with Crippen LogP contribution in [0.4, 0.5) is 10.1 Å². The smallest absolute Gasteiger partial charge is 0.261 e. The first kappa shape index (κ1) is 21.5. The van der Waals surface area contributed by atoms with Crippen LogP contribution in [0.25, 0.3) is 0 Å². The summed E-state index contributed by atoms with van der Waals surface area (Å²) in [5.41, 5.74) is 0.781. The van der Waals surface area contributed by atoms with Crippen LogP contribution in [0.3, 0.4) is 0 Å². The largest absolute Gasteiger partial charge is 0.339 e. The van der Waals surface area contributed by atoms with E-state index >= 15 is 0 Å². The molecule has 1 aliphatic heterocycles. The fourth-order valence-electron chi connectivity index (χ4n) is 3.29. The van der Waals surface area contributed by atoms with Crippen molar-refractivity contribution in [3.8, 4) is 0 Å². The number of benzene rings is 2. The molecule has 1 heterocycles. The summed E-state index contributed by atoms with van der Waals surface area (Å²) in [6.45, 7) is 1.91. The minimum absolute atomic E-state index is 0.0979. The lowest BCUT2D eigenvalue weighted by Gasteiger charge is -2.35. The second-order valence-electron chi connectivity index (χ2n) is 7.21. The monoisotopic (exact) mass is 439 g/mol. The van der Waals surface area contributed by atoms with Crippen molar-refractivity contribution >= 4 is 33.2 Å². The molecule has 1 N–H and O–H groups in total. The molecule has 9 heteroatoms. The standard InChI is InChI=1S/C20H23ClFN3O3S/c1-24-11-9-16(10-12-24)25(2)20(26)14-3-5-15(6-4-14)23-29(27,28)17-7-8-19(22)18(21)13-17/h3-8,13,16,23H,9-12H2,1-2H3. The minimum atomic E-state index is -3.93. The molecule has 1 amide bonds. The molecule has 0 radical (unpaired) electrons. The molecule has 0 bridgehead atoms. The zero-order valence-electron chi connectivity index (χ0n) is 16.2. The van der Waals surface area contributed by atoms with Gasteiger partial charge in [0.1, 0.15) is 5.82 Å². The van der Waals surface area contributed by atoms with Gasteiger partial charge in [-0.25, -0.2) is 12.8 Å². The molecule has 2 aromatic carbocycles. The first-order chi connectivity index (χ1) is 13.7. The van der Waals surface area contributed by atoms with Crippen LogP contribution in [0, 0.1) is 5.82 Å². The van der Waals surface area contributed by atoms with Crippen molar-refractivity contribution in [2.75, 3.05) is 31.9 Å². The summed E-state index contributed by atoms with van der Waals surface area (Å²) in [5.74, 6) is -0.790. The Balaban J connectivity index is 1.69. The lowest BCUT2D eigenvalue weighted by Crippen LogP contribution is -2.44. The summed E-state index contributed by atoms with van der Waals surface area (Å²) in [5, 5.41) is -0.272. The number of piperidine rings is 1. The van der Waals surface area contributed by atoms with Gasteiger partial charge in [0, 0.05) is 24.3 Å². The van der Waals surface area contributed by atoms with Gasteiger partial charge in [-0.3, -0.25) is 9.52 Å². The first-order valence-corrected chi connectivity index (χ1v) is 11.1. The van der Waals surface area contributed by atoms with Crippen LogP contribution in [-0.4, -0.2) is 57.4 Å². The van der Waals surface area contributed by atoms with Crippen molar-refractivity contribution in [3.63, 3.8) is 0 Å². The number of rotatable bonds is 5. The van der Waals surface area contributed by atoms with E-state index in [0.717, 1.165) is 44.1 Å². The molecule has 1 saturated heterocycles. The maximum atomic E-state index is 13.3. The number of halogens is 2. The third-order valence-corrected chi connectivity index (χ3v) is 6.81. The Bertz CT molecular complexity index is 991. The predicted molar refractivity (Wildman–Crippen MR) is 111 cm³/mol. The quantitative estimate of drug-likeness (QED) is 0.774. The van der Waals surface area contributed by atoms with Gasteiger partial charge in [-0.15, -0.1) is 0 Å². The molecule has 6 nitrogen and oxygen atoms in total. The van der Waals surface area contributed by atoms with Gasteiger partial charge in [-0.1, -0.05) is 11.6 Å². The molecule has 156 valence electrons. The Hall–Kier alpha value is -2.16. The second kappa shape index (κ2) is 8.69. The lowest BCUT2D eigenvalue weighted by molar-refractivity contribution is 0.0659. The fourth-order valence-corrected chi connectivity index (χ4v) is 4.62. The molecular weight excluding hydrogens is 417 g/mol. The van der Waals surface area contributed by atoms with Gasteiger partial charge in [-0.2, -0.15) is 0 Å². The number of sulfonamides is 1. The maximum absolute atomic E-state index is 13.3. The van der Waals surface area contributed by atoms with Gasteiger partial charge >= 0.3 is 0 Å². The maximum Gasteiger partial charge on any atom is 0.261 e. The van der Waals surface area contributed by atoms with E-state index in [9.17, 15) is 17.6 Å². The summed E-state index contributed by atoms with van der Waals surface area (Å²) in [4.78, 5) is 16.6. The molecular formula is C20H23ClFN3O3S. The van der Waals surface area contributed by atoms with E-state index in [4.69, 9.17) is 11.6 Å². The normalized spacial score (nSPS) is 15.9. The van der Waals surface area contributed by atoms with Crippen molar-refractivity contribution in [2.45, 2.75) is 23.8 Å². The van der Waals surface area contributed by atoms with E-state index in [0.29, 0.717) is 11.3 Å². The van der Waals surface area contributed by atoms with Gasteiger partial charge in [0.2, 0.25) is 0 Å². The number of nitrogens with zero attached hydrogens (tertiary/aromatic N) is 2. The molecule has 3 rings (SSSR count). The highest BCUT2D eigenvalue weighted by Gasteiger charge is 2.25. The van der Waals surface area contributed by atoms with Crippen molar-refractivity contribution in [2.24, 2.45) is 0 Å². The van der Waals surface area contributed by atoms with Crippen LogP contribution in [0.15, 0.2) is 47.4 Å². The summed E-state index contributed by atoms with van der Waals surface area (Å²) in [6.07, 6.45) is 1.85. The molecule has 1 aliphatic rings. The average Bonchev–Trinajstić information content (AvgIpc) is 2.70. The number of carbonyl (C=O) groups excluding carboxylic acids is 1. The molecule has 0 saturated carbocycles. The number of anilines is 1. The van der Waals surface area contributed by atoms with Crippen LogP contribution in [0.5, 0.6) is 0 Å². The van der Waals surface area contributed by atoms with E-state index in [1.807, 2.05) is 0 Å². The predicted octanol–water partition coefficient (Wildman–Crippen LogP) is 3.45. The number of hydrogen-bond acceptors (Lipinski definition) is 4. The van der Waals surface area contributed by atoms with Crippen molar-refractivity contribution in [1.82, 2.24) is 9.80 Å². The number of amides is 1. The Morgan fingerprint density at radius 3 is 2.38 bits per heavy atom.